The predicted molar refractivity (Wildman–Crippen MR) is 107 cm³/mol. The van der Waals surface area contributed by atoms with Gasteiger partial charge in [0.1, 0.15) is 5.75 Å². The number of benzene rings is 3. The molecule has 1 heterocycles. The largest absolute Gasteiger partial charge is 0.497 e. The molecule has 0 aliphatic rings. The number of fused-ring (bicyclic) bond motifs is 1. The smallest absolute Gasteiger partial charge is 0.118 e. The van der Waals surface area contributed by atoms with E-state index in [1.54, 1.807) is 7.11 Å². The fraction of sp³-hybridized carbons (Fsp3) is 0.0455. The number of aromatic nitrogens is 1. The average molecular weight is 390 g/mol. The molecule has 0 saturated carbocycles. The van der Waals surface area contributed by atoms with Gasteiger partial charge in [0.15, 0.2) is 0 Å². The Morgan fingerprint density at radius 1 is 0.800 bits per heavy atom. The Balaban J connectivity index is 1.96. The molecule has 0 atom stereocenters. The lowest BCUT2D eigenvalue weighted by atomic mass is 9.98. The average Bonchev–Trinajstić information content (AvgIpc) is 2.68. The summed E-state index contributed by atoms with van der Waals surface area (Å²) in [5, 5.41) is 1.14. The molecule has 3 aromatic carbocycles. The number of halogens is 1. The Bertz CT molecular complexity index is 1030. The first-order valence-electron chi connectivity index (χ1n) is 8.05. The van der Waals surface area contributed by atoms with Crippen LogP contribution in [0.5, 0.6) is 5.75 Å². The molecule has 0 unspecified atom stereocenters. The molecule has 25 heavy (non-hydrogen) atoms. The Kier molecular flexibility index (Phi) is 4.24. The number of hydrogen-bond acceptors (Lipinski definition) is 2. The van der Waals surface area contributed by atoms with Crippen LogP contribution in [-0.2, 0) is 0 Å². The predicted octanol–water partition coefficient (Wildman–Crippen LogP) is 6.34. The van der Waals surface area contributed by atoms with Gasteiger partial charge in [0.2, 0.25) is 0 Å². The van der Waals surface area contributed by atoms with Crippen LogP contribution in [0.3, 0.4) is 0 Å². The van der Waals surface area contributed by atoms with E-state index in [-0.39, 0.29) is 0 Å². The number of hydrogen-bond donors (Lipinski definition) is 0. The molecule has 4 aromatic rings. The van der Waals surface area contributed by atoms with Crippen molar-refractivity contribution >= 4 is 26.8 Å². The van der Waals surface area contributed by atoms with Crippen LogP contribution in [0.2, 0.25) is 0 Å². The lowest BCUT2D eigenvalue weighted by Gasteiger charge is -2.11. The van der Waals surface area contributed by atoms with E-state index in [2.05, 4.69) is 58.4 Å². The van der Waals surface area contributed by atoms with E-state index in [0.717, 1.165) is 32.4 Å². The summed E-state index contributed by atoms with van der Waals surface area (Å²) in [6.45, 7) is 0. The van der Waals surface area contributed by atoms with Gasteiger partial charge in [0, 0.05) is 15.4 Å². The minimum atomic E-state index is 0.844. The van der Waals surface area contributed by atoms with Gasteiger partial charge in [-0.25, -0.2) is 4.98 Å². The number of rotatable bonds is 3. The van der Waals surface area contributed by atoms with Crippen LogP contribution in [0.15, 0.2) is 83.3 Å². The van der Waals surface area contributed by atoms with Crippen molar-refractivity contribution in [3.05, 3.63) is 83.3 Å². The zero-order valence-electron chi connectivity index (χ0n) is 13.7. The summed E-state index contributed by atoms with van der Waals surface area (Å²) in [4.78, 5) is 4.87. The first kappa shape index (κ1) is 15.9. The lowest BCUT2D eigenvalue weighted by Crippen LogP contribution is -1.90. The second-order valence-electron chi connectivity index (χ2n) is 5.81. The molecule has 0 saturated heterocycles. The van der Waals surface area contributed by atoms with Crippen LogP contribution in [0.1, 0.15) is 0 Å². The number of nitrogens with zero attached hydrogens (tertiary/aromatic N) is 1. The van der Waals surface area contributed by atoms with Crippen molar-refractivity contribution < 1.29 is 4.74 Å². The van der Waals surface area contributed by atoms with Crippen molar-refractivity contribution in [3.63, 3.8) is 0 Å². The molecule has 0 fully saturated rings. The maximum Gasteiger partial charge on any atom is 0.118 e. The summed E-state index contributed by atoms with van der Waals surface area (Å²) in [5.41, 5.74) is 5.37. The monoisotopic (exact) mass is 389 g/mol. The topological polar surface area (TPSA) is 22.1 Å². The fourth-order valence-electron chi connectivity index (χ4n) is 2.96. The fourth-order valence-corrected chi connectivity index (χ4v) is 3.33. The molecule has 0 aliphatic carbocycles. The summed E-state index contributed by atoms with van der Waals surface area (Å²) >= 11 is 3.58. The van der Waals surface area contributed by atoms with Gasteiger partial charge < -0.3 is 4.74 Å². The minimum absolute atomic E-state index is 0.844. The zero-order chi connectivity index (χ0) is 17.2. The van der Waals surface area contributed by atoms with Crippen LogP contribution in [0.4, 0.5) is 0 Å². The van der Waals surface area contributed by atoms with Gasteiger partial charge in [-0.1, -0.05) is 46.3 Å². The van der Waals surface area contributed by atoms with Gasteiger partial charge in [0.05, 0.1) is 18.3 Å². The molecule has 4 rings (SSSR count). The third kappa shape index (κ3) is 3.15. The summed E-state index contributed by atoms with van der Waals surface area (Å²) in [6, 6.07) is 26.8. The highest BCUT2D eigenvalue weighted by Gasteiger charge is 2.10. The van der Waals surface area contributed by atoms with Crippen LogP contribution in [0, 0.1) is 0 Å². The highest BCUT2D eigenvalue weighted by atomic mass is 79.9. The molecule has 0 bridgehead atoms. The molecule has 122 valence electrons. The summed E-state index contributed by atoms with van der Waals surface area (Å²) < 4.78 is 6.31. The molecule has 0 spiro atoms. The van der Waals surface area contributed by atoms with Crippen LogP contribution < -0.4 is 4.74 Å². The highest BCUT2D eigenvalue weighted by molar-refractivity contribution is 9.10. The normalized spacial score (nSPS) is 10.8. The second-order valence-corrected chi connectivity index (χ2v) is 6.73. The van der Waals surface area contributed by atoms with Crippen molar-refractivity contribution in [1.29, 1.82) is 0 Å². The van der Waals surface area contributed by atoms with Gasteiger partial charge in [-0.15, -0.1) is 0 Å². The van der Waals surface area contributed by atoms with E-state index in [1.165, 1.54) is 11.1 Å². The Hall–Kier alpha value is -2.65. The van der Waals surface area contributed by atoms with E-state index in [9.17, 15) is 0 Å². The molecule has 1 aromatic heterocycles. The Morgan fingerprint density at radius 3 is 2.28 bits per heavy atom. The number of ether oxygens (including phenoxy) is 1. The van der Waals surface area contributed by atoms with Crippen molar-refractivity contribution in [3.8, 4) is 28.1 Å². The van der Waals surface area contributed by atoms with E-state index in [1.807, 2.05) is 36.4 Å². The van der Waals surface area contributed by atoms with Gasteiger partial charge >= 0.3 is 0 Å². The molecule has 3 heteroatoms. The SMILES string of the molecule is COc1ccc(-c2cc(-c3ccccc3)c3cc(Br)ccc3n2)cc1. The second kappa shape index (κ2) is 6.69. The zero-order valence-corrected chi connectivity index (χ0v) is 15.3. The first-order valence-corrected chi connectivity index (χ1v) is 8.84. The third-order valence-corrected chi connectivity index (χ3v) is 4.73. The van der Waals surface area contributed by atoms with Crippen LogP contribution in [0.25, 0.3) is 33.3 Å². The lowest BCUT2D eigenvalue weighted by molar-refractivity contribution is 0.415. The standard InChI is InChI=1S/C22H16BrNO/c1-25-18-10-7-16(8-11-18)22-14-19(15-5-3-2-4-6-15)20-13-17(23)9-12-21(20)24-22/h2-14H,1H3. The van der Waals surface area contributed by atoms with Crippen molar-refractivity contribution in [1.82, 2.24) is 4.98 Å². The van der Waals surface area contributed by atoms with E-state index >= 15 is 0 Å². The summed E-state index contributed by atoms with van der Waals surface area (Å²) in [6.07, 6.45) is 0. The molecule has 0 radical (unpaired) electrons. The molecule has 2 nitrogen and oxygen atoms in total. The molecular formula is C22H16BrNO. The van der Waals surface area contributed by atoms with Crippen LogP contribution in [-0.4, -0.2) is 12.1 Å². The molecule has 0 amide bonds. The Labute approximate surface area is 155 Å². The maximum absolute atomic E-state index is 5.26. The van der Waals surface area contributed by atoms with Crippen LogP contribution >= 0.6 is 15.9 Å². The molecule has 0 aliphatic heterocycles. The van der Waals surface area contributed by atoms with Gasteiger partial charge in [-0.3, -0.25) is 0 Å². The third-order valence-electron chi connectivity index (χ3n) is 4.24. The highest BCUT2D eigenvalue weighted by Crippen LogP contribution is 2.33. The first-order chi connectivity index (χ1) is 12.2. The number of pyridine rings is 1. The maximum atomic E-state index is 5.26. The van der Waals surface area contributed by atoms with Gasteiger partial charge in [-0.05, 0) is 59.7 Å². The molecule has 0 N–H and O–H groups in total. The van der Waals surface area contributed by atoms with Crippen molar-refractivity contribution in [2.24, 2.45) is 0 Å². The van der Waals surface area contributed by atoms with E-state index in [4.69, 9.17) is 9.72 Å². The quantitative estimate of drug-likeness (QED) is 0.407. The van der Waals surface area contributed by atoms with Crippen molar-refractivity contribution in [2.75, 3.05) is 7.11 Å². The summed E-state index contributed by atoms with van der Waals surface area (Å²) in [7, 11) is 1.68. The Morgan fingerprint density at radius 2 is 1.56 bits per heavy atom. The minimum Gasteiger partial charge on any atom is -0.497 e. The van der Waals surface area contributed by atoms with Crippen molar-refractivity contribution in [2.45, 2.75) is 0 Å². The number of methoxy groups -OCH3 is 1. The molecular weight excluding hydrogens is 374 g/mol. The van der Waals surface area contributed by atoms with Gasteiger partial charge in [0.25, 0.3) is 0 Å². The van der Waals surface area contributed by atoms with Gasteiger partial charge in [-0.2, -0.15) is 0 Å². The summed E-state index contributed by atoms with van der Waals surface area (Å²) in [5.74, 6) is 0.844. The van der Waals surface area contributed by atoms with E-state index in [0.29, 0.717) is 0 Å². The van der Waals surface area contributed by atoms with E-state index < -0.39 is 0 Å².